The molecule has 2 nitrogen and oxygen atoms in total. The summed E-state index contributed by atoms with van der Waals surface area (Å²) in [7, 11) is 4.27. The fraction of sp³-hybridized carbons (Fsp3) is 1.00. The van der Waals surface area contributed by atoms with Gasteiger partial charge in [0.2, 0.25) is 0 Å². The summed E-state index contributed by atoms with van der Waals surface area (Å²) in [6.45, 7) is 0.817. The lowest BCUT2D eigenvalue weighted by atomic mass is 9.97. The largest absolute Gasteiger partial charge is 0.329 e. The summed E-state index contributed by atoms with van der Waals surface area (Å²) in [5.74, 6) is 0.870. The van der Waals surface area contributed by atoms with Crippen LogP contribution in [0, 0.1) is 5.92 Å². The second kappa shape index (κ2) is 4.07. The molecule has 2 N–H and O–H groups in total. The predicted molar refractivity (Wildman–Crippen MR) is 48.5 cm³/mol. The van der Waals surface area contributed by atoms with Gasteiger partial charge in [0.1, 0.15) is 0 Å². The molecule has 0 saturated heterocycles. The van der Waals surface area contributed by atoms with Crippen LogP contribution in [-0.4, -0.2) is 31.6 Å². The van der Waals surface area contributed by atoms with Gasteiger partial charge >= 0.3 is 0 Å². The fourth-order valence-electron chi connectivity index (χ4n) is 2.17. The minimum Gasteiger partial charge on any atom is -0.329 e. The third-order valence-corrected chi connectivity index (χ3v) is 2.85. The molecular formula is C9H20N2. The van der Waals surface area contributed by atoms with Gasteiger partial charge in [0.25, 0.3) is 0 Å². The van der Waals surface area contributed by atoms with E-state index in [1.54, 1.807) is 0 Å². The summed E-state index contributed by atoms with van der Waals surface area (Å²) in [6, 6.07) is 0.623. The van der Waals surface area contributed by atoms with Crippen molar-refractivity contribution in [2.45, 2.75) is 31.7 Å². The van der Waals surface area contributed by atoms with Gasteiger partial charge in [-0.1, -0.05) is 12.8 Å². The van der Waals surface area contributed by atoms with E-state index in [0.29, 0.717) is 6.04 Å². The summed E-state index contributed by atoms with van der Waals surface area (Å²) in [4.78, 5) is 2.27. The number of hydrogen-bond acceptors (Lipinski definition) is 2. The highest BCUT2D eigenvalue weighted by atomic mass is 15.1. The molecule has 0 amide bonds. The number of hydrogen-bond donors (Lipinski definition) is 1. The van der Waals surface area contributed by atoms with Crippen molar-refractivity contribution in [3.05, 3.63) is 0 Å². The first kappa shape index (κ1) is 9.01. The summed E-state index contributed by atoms with van der Waals surface area (Å²) in [5.41, 5.74) is 5.71. The van der Waals surface area contributed by atoms with E-state index in [4.69, 9.17) is 5.73 Å². The lowest BCUT2D eigenvalue weighted by Gasteiger charge is -2.28. The Hall–Kier alpha value is -0.0800. The molecule has 0 radical (unpaired) electrons. The average Bonchev–Trinajstić information content (AvgIpc) is 2.40. The van der Waals surface area contributed by atoms with Crippen LogP contribution in [0.25, 0.3) is 0 Å². The SMILES string of the molecule is CN(C)C(CN)C1CCCC1. The first-order chi connectivity index (χ1) is 5.25. The molecule has 0 spiro atoms. The maximum Gasteiger partial charge on any atom is 0.0240 e. The number of likely N-dealkylation sites (N-methyl/N-ethyl adjacent to an activating group) is 1. The van der Waals surface area contributed by atoms with E-state index >= 15 is 0 Å². The topological polar surface area (TPSA) is 29.3 Å². The molecule has 0 aromatic heterocycles. The zero-order chi connectivity index (χ0) is 8.27. The number of rotatable bonds is 3. The van der Waals surface area contributed by atoms with Crippen molar-refractivity contribution >= 4 is 0 Å². The molecule has 1 saturated carbocycles. The molecule has 0 heterocycles. The van der Waals surface area contributed by atoms with E-state index in [2.05, 4.69) is 19.0 Å². The van der Waals surface area contributed by atoms with E-state index < -0.39 is 0 Å². The minimum atomic E-state index is 0.623. The Morgan fingerprint density at radius 3 is 2.27 bits per heavy atom. The van der Waals surface area contributed by atoms with Gasteiger partial charge in [0, 0.05) is 12.6 Å². The molecule has 1 atom stereocenters. The van der Waals surface area contributed by atoms with Crippen LogP contribution < -0.4 is 5.73 Å². The fourth-order valence-corrected chi connectivity index (χ4v) is 2.17. The zero-order valence-corrected chi connectivity index (χ0v) is 7.71. The van der Waals surface area contributed by atoms with Crippen molar-refractivity contribution in [2.24, 2.45) is 11.7 Å². The predicted octanol–water partition coefficient (Wildman–Crippen LogP) is 1.07. The first-order valence-electron chi connectivity index (χ1n) is 4.62. The van der Waals surface area contributed by atoms with E-state index in [1.165, 1.54) is 25.7 Å². The summed E-state index contributed by atoms with van der Waals surface area (Å²) in [6.07, 6.45) is 5.60. The molecule has 2 heteroatoms. The van der Waals surface area contributed by atoms with Gasteiger partial charge in [-0.05, 0) is 32.9 Å². The van der Waals surface area contributed by atoms with Gasteiger partial charge in [-0.2, -0.15) is 0 Å². The molecule has 1 aliphatic rings. The first-order valence-corrected chi connectivity index (χ1v) is 4.62. The van der Waals surface area contributed by atoms with E-state index in [9.17, 15) is 0 Å². The van der Waals surface area contributed by atoms with Crippen LogP contribution in [0.2, 0.25) is 0 Å². The summed E-state index contributed by atoms with van der Waals surface area (Å²) >= 11 is 0. The maximum absolute atomic E-state index is 5.71. The Bertz CT molecular complexity index is 106. The van der Waals surface area contributed by atoms with Crippen molar-refractivity contribution in [2.75, 3.05) is 20.6 Å². The molecule has 0 bridgehead atoms. The zero-order valence-electron chi connectivity index (χ0n) is 7.71. The van der Waals surface area contributed by atoms with Gasteiger partial charge in [-0.15, -0.1) is 0 Å². The second-order valence-corrected chi connectivity index (χ2v) is 3.81. The minimum absolute atomic E-state index is 0.623. The van der Waals surface area contributed by atoms with Crippen LogP contribution >= 0.6 is 0 Å². The lowest BCUT2D eigenvalue weighted by molar-refractivity contribution is 0.217. The van der Waals surface area contributed by atoms with Crippen LogP contribution in [-0.2, 0) is 0 Å². The Kier molecular flexibility index (Phi) is 3.34. The van der Waals surface area contributed by atoms with Crippen molar-refractivity contribution in [3.8, 4) is 0 Å². The Morgan fingerprint density at radius 1 is 1.36 bits per heavy atom. The smallest absolute Gasteiger partial charge is 0.0240 e. The molecule has 0 aromatic carbocycles. The van der Waals surface area contributed by atoms with Crippen molar-refractivity contribution in [1.29, 1.82) is 0 Å². The third-order valence-electron chi connectivity index (χ3n) is 2.85. The van der Waals surface area contributed by atoms with Gasteiger partial charge < -0.3 is 10.6 Å². The molecule has 11 heavy (non-hydrogen) atoms. The Labute approximate surface area is 69.8 Å². The van der Waals surface area contributed by atoms with Crippen LogP contribution in [0.1, 0.15) is 25.7 Å². The van der Waals surface area contributed by atoms with Crippen molar-refractivity contribution in [1.82, 2.24) is 4.90 Å². The molecule has 1 unspecified atom stereocenters. The normalized spacial score (nSPS) is 22.9. The van der Waals surface area contributed by atoms with Gasteiger partial charge in [-0.3, -0.25) is 0 Å². The van der Waals surface area contributed by atoms with Crippen molar-refractivity contribution in [3.63, 3.8) is 0 Å². The monoisotopic (exact) mass is 156 g/mol. The highest BCUT2D eigenvalue weighted by Crippen LogP contribution is 2.28. The quantitative estimate of drug-likeness (QED) is 0.662. The summed E-state index contributed by atoms with van der Waals surface area (Å²) < 4.78 is 0. The Morgan fingerprint density at radius 2 is 1.91 bits per heavy atom. The van der Waals surface area contributed by atoms with E-state index in [-0.39, 0.29) is 0 Å². The standard InChI is InChI=1S/C9H20N2/c1-11(2)9(7-10)8-5-3-4-6-8/h8-9H,3-7,10H2,1-2H3. The highest BCUT2D eigenvalue weighted by Gasteiger charge is 2.24. The summed E-state index contributed by atoms with van der Waals surface area (Å²) in [5, 5.41) is 0. The van der Waals surface area contributed by atoms with Gasteiger partial charge in [0.05, 0.1) is 0 Å². The molecule has 0 aromatic rings. The van der Waals surface area contributed by atoms with Crippen LogP contribution in [0.3, 0.4) is 0 Å². The number of nitrogens with zero attached hydrogens (tertiary/aromatic N) is 1. The highest BCUT2D eigenvalue weighted by molar-refractivity contribution is 4.80. The van der Waals surface area contributed by atoms with Crippen LogP contribution in [0.15, 0.2) is 0 Å². The second-order valence-electron chi connectivity index (χ2n) is 3.81. The van der Waals surface area contributed by atoms with E-state index in [0.717, 1.165) is 12.5 Å². The van der Waals surface area contributed by atoms with Gasteiger partial charge in [0.15, 0.2) is 0 Å². The molecule has 1 fully saturated rings. The third kappa shape index (κ3) is 2.17. The number of nitrogens with two attached hydrogens (primary N) is 1. The molecule has 1 aliphatic carbocycles. The maximum atomic E-state index is 5.71. The molecular weight excluding hydrogens is 136 g/mol. The molecule has 1 rings (SSSR count). The Balaban J connectivity index is 2.40. The average molecular weight is 156 g/mol. The van der Waals surface area contributed by atoms with E-state index in [1.807, 2.05) is 0 Å². The lowest BCUT2D eigenvalue weighted by Crippen LogP contribution is -2.40. The molecule has 66 valence electrons. The van der Waals surface area contributed by atoms with Gasteiger partial charge in [-0.25, -0.2) is 0 Å². The van der Waals surface area contributed by atoms with Crippen molar-refractivity contribution < 1.29 is 0 Å². The van der Waals surface area contributed by atoms with Crippen LogP contribution in [0.5, 0.6) is 0 Å². The molecule has 0 aliphatic heterocycles. The van der Waals surface area contributed by atoms with Crippen LogP contribution in [0.4, 0.5) is 0 Å².